The molecule has 3 aliphatic rings. The van der Waals surface area contributed by atoms with Crippen molar-refractivity contribution in [1.82, 2.24) is 15.2 Å². The lowest BCUT2D eigenvalue weighted by Gasteiger charge is -2.48. The van der Waals surface area contributed by atoms with Gasteiger partial charge in [-0.3, -0.25) is 14.5 Å². The monoisotopic (exact) mass is 495 g/mol. The van der Waals surface area contributed by atoms with Crippen LogP contribution < -0.4 is 11.1 Å². The summed E-state index contributed by atoms with van der Waals surface area (Å²) >= 11 is 2.51. The second-order valence-corrected chi connectivity index (χ2v) is 9.16. The van der Waals surface area contributed by atoms with E-state index >= 15 is 0 Å². The number of rotatable bonds is 7. The lowest BCUT2D eigenvalue weighted by molar-refractivity contribution is -0.148. The fraction of sp³-hybridized carbons (Fsp3) is 0.421. The van der Waals surface area contributed by atoms with Crippen LogP contribution in [0.3, 0.4) is 0 Å². The van der Waals surface area contributed by atoms with Crippen LogP contribution in [0, 0.1) is 0 Å². The number of nitrogens with two attached hydrogens (primary N) is 1. The topological polar surface area (TPSA) is 166 Å². The third kappa shape index (κ3) is 4.82. The molecule has 3 aliphatic heterocycles. The number of nitrogen functional groups attached to an aromatic ring is 1. The summed E-state index contributed by atoms with van der Waals surface area (Å²) < 4.78 is 10.5. The number of anilines is 1. The van der Waals surface area contributed by atoms with Crippen LogP contribution >= 0.6 is 23.1 Å². The summed E-state index contributed by atoms with van der Waals surface area (Å²) in [5.41, 5.74) is 6.26. The normalized spacial score (nSPS) is 25.1. The van der Waals surface area contributed by atoms with Gasteiger partial charge in [0, 0.05) is 23.3 Å². The highest BCUT2D eigenvalue weighted by molar-refractivity contribution is 8.00. The molecule has 14 heteroatoms. The SMILES string of the molecule is CO/N=C(\C(=O)N[C@@H]1C(=O)N2C(OC(=O)O)=C(/C=C/C3CCCO3)CS[C@@H]12)c1csc(N)n1. The van der Waals surface area contributed by atoms with Gasteiger partial charge in [-0.25, -0.2) is 9.78 Å². The van der Waals surface area contributed by atoms with E-state index in [0.717, 1.165) is 24.2 Å². The van der Waals surface area contributed by atoms with Crippen LogP contribution in [0.25, 0.3) is 0 Å². The van der Waals surface area contributed by atoms with E-state index in [1.165, 1.54) is 23.8 Å². The van der Waals surface area contributed by atoms with Crippen molar-refractivity contribution in [2.45, 2.75) is 30.4 Å². The summed E-state index contributed by atoms with van der Waals surface area (Å²) in [7, 11) is 1.28. The van der Waals surface area contributed by atoms with Crippen molar-refractivity contribution < 1.29 is 33.8 Å². The molecule has 4 N–H and O–H groups in total. The van der Waals surface area contributed by atoms with Crippen LogP contribution in [0.4, 0.5) is 9.93 Å². The summed E-state index contributed by atoms with van der Waals surface area (Å²) in [6.07, 6.45) is 3.81. The van der Waals surface area contributed by atoms with Gasteiger partial charge < -0.3 is 30.5 Å². The van der Waals surface area contributed by atoms with Gasteiger partial charge in [-0.1, -0.05) is 17.3 Å². The minimum atomic E-state index is -1.53. The van der Waals surface area contributed by atoms with E-state index in [-0.39, 0.29) is 28.5 Å². The molecule has 3 atom stereocenters. The lowest BCUT2D eigenvalue weighted by atomic mass is 10.0. The van der Waals surface area contributed by atoms with Crippen LogP contribution in [0.5, 0.6) is 0 Å². The Morgan fingerprint density at radius 2 is 2.30 bits per heavy atom. The highest BCUT2D eigenvalue weighted by atomic mass is 32.2. The van der Waals surface area contributed by atoms with Crippen LogP contribution in [0.2, 0.25) is 0 Å². The van der Waals surface area contributed by atoms with Gasteiger partial charge in [0.25, 0.3) is 11.8 Å². The van der Waals surface area contributed by atoms with Gasteiger partial charge in [-0.2, -0.15) is 0 Å². The fourth-order valence-corrected chi connectivity index (χ4v) is 5.42. The summed E-state index contributed by atoms with van der Waals surface area (Å²) in [6.45, 7) is 0.678. The summed E-state index contributed by atoms with van der Waals surface area (Å²) in [4.78, 5) is 47.0. The van der Waals surface area contributed by atoms with Gasteiger partial charge in [0.1, 0.15) is 24.2 Å². The van der Waals surface area contributed by atoms with Crippen LogP contribution in [0.1, 0.15) is 18.5 Å². The first-order valence-electron chi connectivity index (χ1n) is 9.91. The van der Waals surface area contributed by atoms with Crippen molar-refractivity contribution in [2.24, 2.45) is 5.16 Å². The zero-order chi connectivity index (χ0) is 23.5. The Kier molecular flexibility index (Phi) is 6.85. The zero-order valence-corrected chi connectivity index (χ0v) is 19.1. The molecule has 2 saturated heterocycles. The van der Waals surface area contributed by atoms with Gasteiger partial charge in [0.2, 0.25) is 5.88 Å². The molecule has 0 spiro atoms. The van der Waals surface area contributed by atoms with Crippen molar-refractivity contribution in [3.05, 3.63) is 34.7 Å². The van der Waals surface area contributed by atoms with Gasteiger partial charge in [-0.05, 0) is 12.8 Å². The van der Waals surface area contributed by atoms with E-state index in [2.05, 4.69) is 15.5 Å². The van der Waals surface area contributed by atoms with Crippen molar-refractivity contribution >= 4 is 51.9 Å². The van der Waals surface area contributed by atoms with E-state index in [1.807, 2.05) is 6.08 Å². The highest BCUT2D eigenvalue weighted by Gasteiger charge is 2.54. The molecule has 4 rings (SSSR count). The van der Waals surface area contributed by atoms with E-state index in [1.54, 1.807) is 11.5 Å². The number of allylic oxidation sites excluding steroid dienone is 1. The van der Waals surface area contributed by atoms with Crippen LogP contribution in [0.15, 0.2) is 34.1 Å². The second kappa shape index (κ2) is 9.80. The molecule has 0 aliphatic carbocycles. The van der Waals surface area contributed by atoms with Gasteiger partial charge in [0.05, 0.1) is 6.10 Å². The smallest absolute Gasteiger partial charge is 0.449 e. The maximum Gasteiger partial charge on any atom is 0.512 e. The molecular formula is C19H21N5O7S2. The molecule has 4 heterocycles. The molecule has 176 valence electrons. The largest absolute Gasteiger partial charge is 0.512 e. The number of oxime groups is 1. The van der Waals surface area contributed by atoms with Crippen LogP contribution in [-0.2, 0) is 23.9 Å². The molecule has 0 radical (unpaired) electrons. The summed E-state index contributed by atoms with van der Waals surface area (Å²) in [5.74, 6) is -0.855. The van der Waals surface area contributed by atoms with Crippen molar-refractivity contribution in [3.8, 4) is 0 Å². The number of carboxylic acid groups (broad SMARTS) is 1. The molecule has 1 aromatic rings. The Morgan fingerprint density at radius 3 is 2.94 bits per heavy atom. The molecule has 0 saturated carbocycles. The lowest BCUT2D eigenvalue weighted by Crippen LogP contribution is -2.70. The second-order valence-electron chi connectivity index (χ2n) is 7.16. The molecule has 33 heavy (non-hydrogen) atoms. The Hall–Kier alpha value is -3.10. The van der Waals surface area contributed by atoms with Gasteiger partial charge in [0.15, 0.2) is 10.8 Å². The van der Waals surface area contributed by atoms with Gasteiger partial charge >= 0.3 is 6.16 Å². The summed E-state index contributed by atoms with van der Waals surface area (Å²) in [6, 6.07) is -0.906. The average molecular weight is 496 g/mol. The third-order valence-corrected chi connectivity index (χ3v) is 7.03. The third-order valence-electron chi connectivity index (χ3n) is 5.06. The number of nitrogens with zero attached hydrogens (tertiary/aromatic N) is 3. The highest BCUT2D eigenvalue weighted by Crippen LogP contribution is 2.41. The minimum absolute atomic E-state index is 0.0522. The number of β-lactam (4-membered cyclic amide) rings is 1. The number of fused-ring (bicyclic) bond motifs is 1. The number of amides is 2. The maximum atomic E-state index is 12.9. The van der Waals surface area contributed by atoms with E-state index in [4.69, 9.17) is 20.0 Å². The Morgan fingerprint density at radius 1 is 1.48 bits per heavy atom. The number of aromatic nitrogens is 1. The molecule has 1 unspecified atom stereocenters. The number of nitrogens with one attached hydrogen (secondary N) is 1. The van der Waals surface area contributed by atoms with Crippen LogP contribution in [-0.4, -0.2) is 75.7 Å². The minimum Gasteiger partial charge on any atom is -0.449 e. The Balaban J connectivity index is 1.51. The molecule has 12 nitrogen and oxygen atoms in total. The first-order chi connectivity index (χ1) is 15.9. The number of ether oxygens (including phenoxy) is 2. The maximum absolute atomic E-state index is 12.9. The first-order valence-corrected chi connectivity index (χ1v) is 11.8. The average Bonchev–Trinajstić information content (AvgIpc) is 3.45. The molecule has 1 aromatic heterocycles. The molecule has 2 amide bonds. The first kappa shape index (κ1) is 23.1. The molecular weight excluding hydrogens is 474 g/mol. The summed E-state index contributed by atoms with van der Waals surface area (Å²) in [5, 5.41) is 16.8. The molecule has 0 bridgehead atoms. The number of thioether (sulfide) groups is 1. The van der Waals surface area contributed by atoms with Crippen molar-refractivity contribution in [2.75, 3.05) is 25.2 Å². The number of hydrogen-bond donors (Lipinski definition) is 3. The van der Waals surface area contributed by atoms with E-state index < -0.39 is 29.4 Å². The molecule has 0 aromatic carbocycles. The Labute approximate surface area is 196 Å². The van der Waals surface area contributed by atoms with E-state index in [9.17, 15) is 19.5 Å². The Bertz CT molecular complexity index is 1050. The predicted octanol–water partition coefficient (Wildman–Crippen LogP) is 1.12. The number of carbonyl (C=O) groups excluding carboxylic acids is 2. The van der Waals surface area contributed by atoms with Crippen molar-refractivity contribution in [3.63, 3.8) is 0 Å². The van der Waals surface area contributed by atoms with Crippen molar-refractivity contribution in [1.29, 1.82) is 0 Å². The molecule has 2 fully saturated rings. The number of carbonyl (C=O) groups is 3. The fourth-order valence-electron chi connectivity index (χ4n) is 3.57. The standard InChI is InChI=1S/C19H21N5O7S2/c1-29-23-12(11-8-33-18(20)21-11)14(25)22-13-15(26)24-16(31-19(27)28)9(7-32-17(13)24)4-5-10-3-2-6-30-10/h4-5,8,10,13,17H,2-3,6-7H2,1H3,(H2,20,21)(H,22,25)(H,27,28)/b5-4+,23-12-/t10?,13-,17+/m1/s1. The number of thiazole rings is 1. The predicted molar refractivity (Wildman–Crippen MR) is 119 cm³/mol. The van der Waals surface area contributed by atoms with Gasteiger partial charge in [-0.15, -0.1) is 23.1 Å². The zero-order valence-electron chi connectivity index (χ0n) is 17.4. The quantitative estimate of drug-likeness (QED) is 0.216. The number of hydrogen-bond acceptors (Lipinski definition) is 11. The van der Waals surface area contributed by atoms with E-state index in [0.29, 0.717) is 17.9 Å².